The van der Waals surface area contributed by atoms with Crippen LogP contribution in [0.1, 0.15) is 19.7 Å². The lowest BCUT2D eigenvalue weighted by atomic mass is 10.2. The van der Waals surface area contributed by atoms with Crippen molar-refractivity contribution in [3.05, 3.63) is 30.4 Å². The number of nitrogen functional groups attached to an aromatic ring is 1. The zero-order valence-corrected chi connectivity index (χ0v) is 11.2. The van der Waals surface area contributed by atoms with Gasteiger partial charge in [0.25, 0.3) is 0 Å². The topological polar surface area (TPSA) is 88.8 Å². The number of benzene rings is 1. The van der Waals surface area contributed by atoms with Crippen LogP contribution in [0.5, 0.6) is 5.75 Å². The van der Waals surface area contributed by atoms with Gasteiger partial charge in [-0.25, -0.2) is 4.98 Å². The molecule has 1 heterocycles. The fourth-order valence-electron chi connectivity index (χ4n) is 1.72. The minimum atomic E-state index is 0.103. The first kappa shape index (κ1) is 13.2. The van der Waals surface area contributed by atoms with Gasteiger partial charge in [-0.1, -0.05) is 6.07 Å². The average Bonchev–Trinajstić information content (AvgIpc) is 2.86. The molecule has 4 N–H and O–H groups in total. The van der Waals surface area contributed by atoms with E-state index in [1.165, 1.54) is 6.33 Å². The van der Waals surface area contributed by atoms with Crippen LogP contribution in [0.15, 0.2) is 24.5 Å². The van der Waals surface area contributed by atoms with E-state index in [0.29, 0.717) is 11.4 Å². The summed E-state index contributed by atoms with van der Waals surface area (Å²) >= 11 is 0. The Morgan fingerprint density at radius 2 is 2.26 bits per heavy atom. The molecule has 0 aliphatic heterocycles. The Hall–Kier alpha value is -2.24. The molecule has 0 radical (unpaired) electrons. The van der Waals surface area contributed by atoms with E-state index in [1.807, 2.05) is 32.0 Å². The lowest BCUT2D eigenvalue weighted by Gasteiger charge is -2.15. The Kier molecular flexibility index (Phi) is 4.22. The fraction of sp³-hybridized carbons (Fsp3) is 0.385. The summed E-state index contributed by atoms with van der Waals surface area (Å²) in [5, 5.41) is 9.89. The van der Waals surface area contributed by atoms with E-state index >= 15 is 0 Å². The standard InChI is InChI=1S/C13H19N5O/c1-9(2)19-11-5-3-4-10(13(11)14)15-7-6-12-16-8-17-18-12/h3-5,8-9,15H,6-7,14H2,1-2H3,(H,16,17,18). The number of H-pyrrole nitrogens is 1. The summed E-state index contributed by atoms with van der Waals surface area (Å²) in [5.41, 5.74) is 7.57. The number of aromatic nitrogens is 3. The van der Waals surface area contributed by atoms with Gasteiger partial charge in [0.2, 0.25) is 0 Å². The molecule has 0 aliphatic rings. The molecule has 2 rings (SSSR count). The maximum atomic E-state index is 6.07. The Balaban J connectivity index is 1.96. The number of nitrogens with one attached hydrogen (secondary N) is 2. The zero-order chi connectivity index (χ0) is 13.7. The van der Waals surface area contributed by atoms with E-state index < -0.39 is 0 Å². The van der Waals surface area contributed by atoms with Gasteiger partial charge < -0.3 is 15.8 Å². The number of nitrogens with two attached hydrogens (primary N) is 1. The first-order valence-electron chi connectivity index (χ1n) is 6.30. The van der Waals surface area contributed by atoms with Gasteiger partial charge in [-0.2, -0.15) is 5.10 Å². The van der Waals surface area contributed by atoms with Crippen LogP contribution in [-0.2, 0) is 6.42 Å². The first-order chi connectivity index (χ1) is 9.16. The van der Waals surface area contributed by atoms with Crippen molar-refractivity contribution in [2.45, 2.75) is 26.4 Å². The molecule has 0 amide bonds. The number of hydrogen-bond donors (Lipinski definition) is 3. The number of ether oxygens (including phenoxy) is 1. The van der Waals surface area contributed by atoms with Crippen molar-refractivity contribution in [2.75, 3.05) is 17.6 Å². The molecular formula is C13H19N5O. The van der Waals surface area contributed by atoms with Crippen molar-refractivity contribution >= 4 is 11.4 Å². The highest BCUT2D eigenvalue weighted by atomic mass is 16.5. The highest BCUT2D eigenvalue weighted by Gasteiger charge is 2.07. The Labute approximate surface area is 112 Å². The molecule has 0 fully saturated rings. The van der Waals surface area contributed by atoms with E-state index in [0.717, 1.165) is 24.5 Å². The highest BCUT2D eigenvalue weighted by molar-refractivity contribution is 5.72. The summed E-state index contributed by atoms with van der Waals surface area (Å²) in [6.45, 7) is 4.68. The number of rotatable bonds is 6. The van der Waals surface area contributed by atoms with Gasteiger partial charge in [-0.15, -0.1) is 0 Å². The minimum absolute atomic E-state index is 0.103. The van der Waals surface area contributed by atoms with Crippen LogP contribution in [0, 0.1) is 0 Å². The second-order valence-corrected chi connectivity index (χ2v) is 4.49. The van der Waals surface area contributed by atoms with E-state index in [2.05, 4.69) is 20.5 Å². The summed E-state index contributed by atoms with van der Waals surface area (Å²) in [4.78, 5) is 4.06. The van der Waals surface area contributed by atoms with Gasteiger partial charge >= 0.3 is 0 Å². The Morgan fingerprint density at radius 1 is 1.42 bits per heavy atom. The summed E-state index contributed by atoms with van der Waals surface area (Å²) < 4.78 is 5.64. The minimum Gasteiger partial charge on any atom is -0.489 e. The summed E-state index contributed by atoms with van der Waals surface area (Å²) in [6, 6.07) is 5.73. The first-order valence-corrected chi connectivity index (χ1v) is 6.30. The third-order valence-corrected chi connectivity index (χ3v) is 2.57. The van der Waals surface area contributed by atoms with Crippen LogP contribution in [0.4, 0.5) is 11.4 Å². The maximum Gasteiger partial charge on any atom is 0.144 e. The Morgan fingerprint density at radius 3 is 2.95 bits per heavy atom. The Bertz CT molecular complexity index is 510. The molecular weight excluding hydrogens is 242 g/mol. The molecule has 0 spiro atoms. The van der Waals surface area contributed by atoms with Crippen molar-refractivity contribution in [2.24, 2.45) is 0 Å². The molecule has 0 bridgehead atoms. The molecule has 0 saturated heterocycles. The summed E-state index contributed by atoms with van der Waals surface area (Å²) in [7, 11) is 0. The summed E-state index contributed by atoms with van der Waals surface area (Å²) in [5.74, 6) is 1.56. The van der Waals surface area contributed by atoms with Gasteiger partial charge in [-0.3, -0.25) is 5.10 Å². The third-order valence-electron chi connectivity index (χ3n) is 2.57. The van der Waals surface area contributed by atoms with E-state index in [1.54, 1.807) is 0 Å². The number of anilines is 2. The largest absolute Gasteiger partial charge is 0.489 e. The van der Waals surface area contributed by atoms with E-state index in [-0.39, 0.29) is 6.10 Å². The third kappa shape index (κ3) is 3.61. The van der Waals surface area contributed by atoms with Crippen molar-refractivity contribution in [3.63, 3.8) is 0 Å². The predicted molar refractivity (Wildman–Crippen MR) is 75.2 cm³/mol. The number of para-hydroxylation sites is 1. The van der Waals surface area contributed by atoms with Crippen molar-refractivity contribution < 1.29 is 4.74 Å². The van der Waals surface area contributed by atoms with Crippen LogP contribution in [0.3, 0.4) is 0 Å². The number of aromatic amines is 1. The van der Waals surface area contributed by atoms with Crippen molar-refractivity contribution in [3.8, 4) is 5.75 Å². The van der Waals surface area contributed by atoms with E-state index in [9.17, 15) is 0 Å². The molecule has 0 aliphatic carbocycles. The molecule has 1 aromatic carbocycles. The molecule has 0 atom stereocenters. The van der Waals surface area contributed by atoms with Crippen molar-refractivity contribution in [1.29, 1.82) is 0 Å². The smallest absolute Gasteiger partial charge is 0.144 e. The quantitative estimate of drug-likeness (QED) is 0.690. The zero-order valence-electron chi connectivity index (χ0n) is 11.2. The molecule has 19 heavy (non-hydrogen) atoms. The second-order valence-electron chi connectivity index (χ2n) is 4.49. The van der Waals surface area contributed by atoms with Gasteiger partial charge in [0, 0.05) is 13.0 Å². The van der Waals surface area contributed by atoms with Gasteiger partial charge in [0.05, 0.1) is 17.5 Å². The molecule has 1 aromatic heterocycles. The van der Waals surface area contributed by atoms with Gasteiger partial charge in [0.1, 0.15) is 17.9 Å². The monoisotopic (exact) mass is 261 g/mol. The molecule has 0 unspecified atom stereocenters. The lowest BCUT2D eigenvalue weighted by molar-refractivity contribution is 0.244. The molecule has 6 heteroatoms. The van der Waals surface area contributed by atoms with Gasteiger partial charge in [0.15, 0.2) is 0 Å². The predicted octanol–water partition coefficient (Wildman–Crippen LogP) is 1.83. The van der Waals surface area contributed by atoms with Crippen LogP contribution >= 0.6 is 0 Å². The number of nitrogens with zero attached hydrogens (tertiary/aromatic N) is 2. The molecule has 6 nitrogen and oxygen atoms in total. The number of hydrogen-bond acceptors (Lipinski definition) is 5. The molecule has 0 saturated carbocycles. The second kappa shape index (κ2) is 6.08. The van der Waals surface area contributed by atoms with Crippen LogP contribution in [0.25, 0.3) is 0 Å². The summed E-state index contributed by atoms with van der Waals surface area (Å²) in [6.07, 6.45) is 2.36. The van der Waals surface area contributed by atoms with Crippen LogP contribution < -0.4 is 15.8 Å². The SMILES string of the molecule is CC(C)Oc1cccc(NCCc2ncn[nH]2)c1N. The molecule has 102 valence electrons. The maximum absolute atomic E-state index is 6.07. The average molecular weight is 261 g/mol. The van der Waals surface area contributed by atoms with Gasteiger partial charge in [-0.05, 0) is 26.0 Å². The van der Waals surface area contributed by atoms with Crippen molar-refractivity contribution in [1.82, 2.24) is 15.2 Å². The lowest BCUT2D eigenvalue weighted by Crippen LogP contribution is -2.11. The van der Waals surface area contributed by atoms with Crippen LogP contribution in [-0.4, -0.2) is 27.8 Å². The van der Waals surface area contributed by atoms with E-state index in [4.69, 9.17) is 10.5 Å². The highest BCUT2D eigenvalue weighted by Crippen LogP contribution is 2.29. The van der Waals surface area contributed by atoms with Crippen LogP contribution in [0.2, 0.25) is 0 Å². The normalized spacial score (nSPS) is 10.7. The fourth-order valence-corrected chi connectivity index (χ4v) is 1.72. The molecule has 2 aromatic rings.